The molecule has 0 aliphatic rings. The van der Waals surface area contributed by atoms with Gasteiger partial charge >= 0.3 is 11.9 Å². The number of aliphatic carboxylic acids is 1. The van der Waals surface area contributed by atoms with Crippen LogP contribution in [0.3, 0.4) is 0 Å². The molecule has 2 N–H and O–H groups in total. The summed E-state index contributed by atoms with van der Waals surface area (Å²) < 4.78 is 24.6. The molecule has 0 aromatic carbocycles. The van der Waals surface area contributed by atoms with Crippen molar-refractivity contribution in [3.63, 3.8) is 0 Å². The molecule has 0 unspecified atom stereocenters. The van der Waals surface area contributed by atoms with E-state index in [1.807, 2.05) is 6.26 Å². The maximum Gasteiger partial charge on any atom is 0.375 e. The van der Waals surface area contributed by atoms with Gasteiger partial charge in [0.05, 0.1) is 6.54 Å². The predicted molar refractivity (Wildman–Crippen MR) is 43.8 cm³/mol. The number of nitrogens with one attached hydrogen (secondary N) is 1. The van der Waals surface area contributed by atoms with Gasteiger partial charge in [-0.3, -0.25) is 0 Å². The first-order valence-corrected chi connectivity index (χ1v) is 4.71. The van der Waals surface area contributed by atoms with Crippen LogP contribution in [-0.2, 0) is 4.79 Å². The Morgan fingerprint density at radius 2 is 2.25 bits per heavy atom. The molecule has 0 bridgehead atoms. The van der Waals surface area contributed by atoms with E-state index in [9.17, 15) is 13.6 Å². The van der Waals surface area contributed by atoms with E-state index < -0.39 is 18.4 Å². The van der Waals surface area contributed by atoms with Crippen molar-refractivity contribution in [1.82, 2.24) is 5.32 Å². The van der Waals surface area contributed by atoms with Gasteiger partial charge in [0.15, 0.2) is 0 Å². The van der Waals surface area contributed by atoms with Crippen molar-refractivity contribution in [2.75, 3.05) is 25.1 Å². The maximum absolute atomic E-state index is 12.3. The normalized spacial score (nSPS) is 11.6. The lowest BCUT2D eigenvalue weighted by atomic mass is 10.3. The molecular formula is C6H11F2NO2S. The van der Waals surface area contributed by atoms with E-state index in [1.165, 1.54) is 11.8 Å². The monoisotopic (exact) mass is 199 g/mol. The van der Waals surface area contributed by atoms with Gasteiger partial charge in [-0.25, -0.2) is 4.79 Å². The molecule has 0 aliphatic carbocycles. The SMILES string of the molecule is CSCCNCC(F)(F)C(=O)O. The summed E-state index contributed by atoms with van der Waals surface area (Å²) in [4.78, 5) is 9.89. The Bertz CT molecular complexity index is 154. The number of halogens is 2. The van der Waals surface area contributed by atoms with Crippen LogP contribution in [0.1, 0.15) is 0 Å². The minimum absolute atomic E-state index is 0.393. The highest BCUT2D eigenvalue weighted by Crippen LogP contribution is 2.11. The summed E-state index contributed by atoms with van der Waals surface area (Å²) >= 11 is 1.51. The second-order valence-corrected chi connectivity index (χ2v) is 3.16. The Hall–Kier alpha value is -0.360. The highest BCUT2D eigenvalue weighted by atomic mass is 32.2. The molecule has 12 heavy (non-hydrogen) atoms. The third kappa shape index (κ3) is 4.50. The lowest BCUT2D eigenvalue weighted by Gasteiger charge is -2.11. The Morgan fingerprint density at radius 1 is 1.67 bits per heavy atom. The molecule has 0 aliphatic heterocycles. The van der Waals surface area contributed by atoms with E-state index in [-0.39, 0.29) is 0 Å². The lowest BCUT2D eigenvalue weighted by Crippen LogP contribution is -2.40. The number of carboxylic acid groups (broad SMARTS) is 1. The first-order chi connectivity index (χ1) is 5.50. The summed E-state index contributed by atoms with van der Waals surface area (Å²) in [5.74, 6) is -5.05. The smallest absolute Gasteiger partial charge is 0.375 e. The second kappa shape index (κ2) is 5.31. The van der Waals surface area contributed by atoms with Crippen molar-refractivity contribution in [2.45, 2.75) is 5.92 Å². The molecule has 0 amide bonds. The van der Waals surface area contributed by atoms with Gasteiger partial charge in [-0.2, -0.15) is 20.5 Å². The average molecular weight is 199 g/mol. The van der Waals surface area contributed by atoms with E-state index in [1.54, 1.807) is 0 Å². The van der Waals surface area contributed by atoms with Crippen LogP contribution >= 0.6 is 11.8 Å². The van der Waals surface area contributed by atoms with Gasteiger partial charge in [0.1, 0.15) is 0 Å². The van der Waals surface area contributed by atoms with E-state index in [0.29, 0.717) is 12.3 Å². The largest absolute Gasteiger partial charge is 0.477 e. The Morgan fingerprint density at radius 3 is 2.67 bits per heavy atom. The van der Waals surface area contributed by atoms with E-state index >= 15 is 0 Å². The number of thioether (sulfide) groups is 1. The first-order valence-electron chi connectivity index (χ1n) is 3.31. The molecule has 0 atom stereocenters. The fourth-order valence-electron chi connectivity index (χ4n) is 0.495. The molecule has 72 valence electrons. The van der Waals surface area contributed by atoms with Crippen LogP contribution in [0.25, 0.3) is 0 Å². The minimum atomic E-state index is -3.65. The van der Waals surface area contributed by atoms with Gasteiger partial charge in [0.25, 0.3) is 0 Å². The van der Waals surface area contributed by atoms with Crippen LogP contribution in [0.15, 0.2) is 0 Å². The van der Waals surface area contributed by atoms with Crippen molar-refractivity contribution in [3.05, 3.63) is 0 Å². The molecular weight excluding hydrogens is 188 g/mol. The molecule has 0 fully saturated rings. The van der Waals surface area contributed by atoms with Crippen LogP contribution in [0.2, 0.25) is 0 Å². The van der Waals surface area contributed by atoms with Crippen LogP contribution in [0, 0.1) is 0 Å². The third-order valence-corrected chi connectivity index (χ3v) is 1.76. The zero-order valence-electron chi connectivity index (χ0n) is 6.64. The molecule has 0 aromatic heterocycles. The Balaban J connectivity index is 3.54. The Labute approximate surface area is 73.5 Å². The van der Waals surface area contributed by atoms with E-state index in [2.05, 4.69) is 5.32 Å². The van der Waals surface area contributed by atoms with Gasteiger partial charge in [0.2, 0.25) is 0 Å². The quantitative estimate of drug-likeness (QED) is 0.617. The van der Waals surface area contributed by atoms with Crippen molar-refractivity contribution in [1.29, 1.82) is 0 Å². The summed E-state index contributed by atoms with van der Waals surface area (Å²) in [6, 6.07) is 0. The van der Waals surface area contributed by atoms with Gasteiger partial charge < -0.3 is 10.4 Å². The zero-order chi connectivity index (χ0) is 9.61. The van der Waals surface area contributed by atoms with Crippen molar-refractivity contribution in [2.24, 2.45) is 0 Å². The lowest BCUT2D eigenvalue weighted by molar-refractivity contribution is -0.163. The van der Waals surface area contributed by atoms with Crippen molar-refractivity contribution in [3.8, 4) is 0 Å². The number of rotatable bonds is 6. The topological polar surface area (TPSA) is 49.3 Å². The molecule has 3 nitrogen and oxygen atoms in total. The molecule has 0 heterocycles. The molecule has 0 spiro atoms. The molecule has 0 radical (unpaired) electrons. The highest BCUT2D eigenvalue weighted by Gasteiger charge is 2.37. The maximum atomic E-state index is 12.3. The van der Waals surface area contributed by atoms with E-state index in [0.717, 1.165) is 0 Å². The van der Waals surface area contributed by atoms with Crippen LogP contribution in [0.5, 0.6) is 0 Å². The van der Waals surface area contributed by atoms with Crippen LogP contribution in [0.4, 0.5) is 8.78 Å². The summed E-state index contributed by atoms with van der Waals surface area (Å²) in [7, 11) is 0. The average Bonchev–Trinajstić information content (AvgIpc) is 1.98. The summed E-state index contributed by atoms with van der Waals surface area (Å²) in [5.41, 5.74) is 0. The van der Waals surface area contributed by atoms with Gasteiger partial charge in [-0.05, 0) is 6.26 Å². The molecule has 6 heteroatoms. The summed E-state index contributed by atoms with van der Waals surface area (Å²) in [6.07, 6.45) is 1.84. The standard InChI is InChI=1S/C6H11F2NO2S/c1-12-3-2-9-4-6(7,8)5(10)11/h9H,2-4H2,1H3,(H,10,11). The first kappa shape index (κ1) is 11.6. The van der Waals surface area contributed by atoms with E-state index in [4.69, 9.17) is 5.11 Å². The summed E-state index contributed by atoms with van der Waals surface area (Å²) in [5, 5.41) is 10.4. The van der Waals surface area contributed by atoms with Crippen LogP contribution in [-0.4, -0.2) is 42.1 Å². The predicted octanol–water partition coefficient (Wildman–Crippen LogP) is 0.659. The number of carboxylic acids is 1. The van der Waals surface area contributed by atoms with Crippen LogP contribution < -0.4 is 5.32 Å². The fourth-order valence-corrected chi connectivity index (χ4v) is 0.844. The third-order valence-electron chi connectivity index (χ3n) is 1.14. The molecule has 0 saturated heterocycles. The Kier molecular flexibility index (Phi) is 5.16. The van der Waals surface area contributed by atoms with Crippen molar-refractivity contribution >= 4 is 17.7 Å². The highest BCUT2D eigenvalue weighted by molar-refractivity contribution is 7.98. The summed E-state index contributed by atoms with van der Waals surface area (Å²) in [6.45, 7) is -0.410. The molecule has 0 aromatic rings. The number of alkyl halides is 2. The molecule has 0 rings (SSSR count). The second-order valence-electron chi connectivity index (χ2n) is 2.18. The van der Waals surface area contributed by atoms with Gasteiger partial charge in [-0.1, -0.05) is 0 Å². The zero-order valence-corrected chi connectivity index (χ0v) is 7.46. The van der Waals surface area contributed by atoms with Gasteiger partial charge in [-0.15, -0.1) is 0 Å². The number of hydrogen-bond donors (Lipinski definition) is 2. The number of carbonyl (C=O) groups is 1. The number of hydrogen-bond acceptors (Lipinski definition) is 3. The fraction of sp³-hybridized carbons (Fsp3) is 0.833. The molecule has 0 saturated carbocycles. The van der Waals surface area contributed by atoms with Gasteiger partial charge in [0, 0.05) is 12.3 Å². The minimum Gasteiger partial charge on any atom is -0.477 e. The van der Waals surface area contributed by atoms with Crippen molar-refractivity contribution < 1.29 is 18.7 Å².